The first-order valence-electron chi connectivity index (χ1n) is 13.7. The topological polar surface area (TPSA) is 96.0 Å². The number of benzene rings is 3. The number of halogens is 1. The van der Waals surface area contributed by atoms with E-state index in [-0.39, 0.29) is 23.4 Å². The third-order valence-electron chi connectivity index (χ3n) is 7.39. The van der Waals surface area contributed by atoms with E-state index in [0.29, 0.717) is 22.0 Å². The third-order valence-corrected chi connectivity index (χ3v) is 9.40. The highest BCUT2D eigenvalue weighted by Crippen LogP contribution is 2.29. The van der Waals surface area contributed by atoms with Crippen molar-refractivity contribution in [3.8, 4) is 5.75 Å². The molecule has 1 aliphatic carbocycles. The Labute approximate surface area is 247 Å². The van der Waals surface area contributed by atoms with Crippen LogP contribution in [-0.4, -0.2) is 50.9 Å². The summed E-state index contributed by atoms with van der Waals surface area (Å²) in [6.45, 7) is 3.00. The van der Waals surface area contributed by atoms with E-state index < -0.39 is 28.5 Å². The van der Waals surface area contributed by atoms with E-state index in [0.717, 1.165) is 35.6 Å². The second-order valence-electron chi connectivity index (χ2n) is 10.3. The number of methoxy groups -OCH3 is 1. The molecule has 0 spiro atoms. The standard InChI is InChI=1S/C31H36ClN3O5S/c1-22-18-25(32)16-17-29(22)35(41(38,39)28-14-5-4-6-15-28)21-30(36)34(20-24-10-9-13-27(19-24)40-3)23(2)31(37)33-26-11-7-8-12-26/h4-6,9-10,13-19,23,26H,7-8,11-12,20-21H2,1-3H3,(H,33,37)/t23-/m0/s1. The summed E-state index contributed by atoms with van der Waals surface area (Å²) in [7, 11) is -2.59. The van der Waals surface area contributed by atoms with Crippen LogP contribution in [0.3, 0.4) is 0 Å². The second kappa shape index (κ2) is 13.4. The molecule has 1 saturated carbocycles. The average molecular weight is 598 g/mol. The fourth-order valence-corrected chi connectivity index (χ4v) is 6.80. The molecule has 8 nitrogen and oxygen atoms in total. The summed E-state index contributed by atoms with van der Waals surface area (Å²) in [6.07, 6.45) is 3.92. The fourth-order valence-electron chi connectivity index (χ4n) is 5.07. The van der Waals surface area contributed by atoms with Crippen molar-refractivity contribution in [1.29, 1.82) is 0 Å². The van der Waals surface area contributed by atoms with Crippen molar-refractivity contribution < 1.29 is 22.7 Å². The van der Waals surface area contributed by atoms with E-state index in [1.165, 1.54) is 17.0 Å². The summed E-state index contributed by atoms with van der Waals surface area (Å²) < 4.78 is 34.3. The molecule has 2 amide bonds. The zero-order valence-electron chi connectivity index (χ0n) is 23.5. The summed E-state index contributed by atoms with van der Waals surface area (Å²) in [5.41, 5.74) is 1.67. The lowest BCUT2D eigenvalue weighted by molar-refractivity contribution is -0.139. The van der Waals surface area contributed by atoms with Gasteiger partial charge in [0.05, 0.1) is 17.7 Å². The van der Waals surface area contributed by atoms with Gasteiger partial charge in [-0.2, -0.15) is 0 Å². The van der Waals surface area contributed by atoms with Gasteiger partial charge in [-0.3, -0.25) is 13.9 Å². The van der Waals surface area contributed by atoms with Gasteiger partial charge < -0.3 is 15.0 Å². The Morgan fingerprint density at radius 3 is 2.39 bits per heavy atom. The van der Waals surface area contributed by atoms with Crippen molar-refractivity contribution in [1.82, 2.24) is 10.2 Å². The predicted octanol–water partition coefficient (Wildman–Crippen LogP) is 5.33. The van der Waals surface area contributed by atoms with Crippen molar-refractivity contribution in [3.05, 3.63) is 88.9 Å². The summed E-state index contributed by atoms with van der Waals surface area (Å²) in [5.74, 6) is -0.174. The van der Waals surface area contributed by atoms with Crippen LogP contribution in [0.1, 0.15) is 43.7 Å². The molecule has 3 aromatic rings. The first kappa shape index (κ1) is 30.4. The largest absolute Gasteiger partial charge is 0.497 e. The fraction of sp³-hybridized carbons (Fsp3) is 0.355. The van der Waals surface area contributed by atoms with Crippen molar-refractivity contribution in [3.63, 3.8) is 0 Å². The number of nitrogens with one attached hydrogen (secondary N) is 1. The molecule has 1 aliphatic rings. The van der Waals surface area contributed by atoms with Crippen molar-refractivity contribution >= 4 is 39.1 Å². The van der Waals surface area contributed by atoms with Crippen LogP contribution in [-0.2, 0) is 26.2 Å². The quantitative estimate of drug-likeness (QED) is 0.322. The number of carbonyl (C=O) groups excluding carboxylic acids is 2. The van der Waals surface area contributed by atoms with E-state index in [1.807, 2.05) is 12.1 Å². The Morgan fingerprint density at radius 2 is 1.73 bits per heavy atom. The molecule has 4 rings (SSSR count). The zero-order valence-corrected chi connectivity index (χ0v) is 25.1. The van der Waals surface area contributed by atoms with Gasteiger partial charge in [-0.25, -0.2) is 8.42 Å². The lowest BCUT2D eigenvalue weighted by Gasteiger charge is -2.33. The third kappa shape index (κ3) is 7.40. The van der Waals surface area contributed by atoms with Crippen LogP contribution in [0, 0.1) is 6.92 Å². The maximum Gasteiger partial charge on any atom is 0.264 e. The van der Waals surface area contributed by atoms with Gasteiger partial charge in [0.25, 0.3) is 10.0 Å². The van der Waals surface area contributed by atoms with Crippen molar-refractivity contribution in [2.75, 3.05) is 18.0 Å². The number of sulfonamides is 1. The van der Waals surface area contributed by atoms with Gasteiger partial charge in [-0.05, 0) is 80.3 Å². The monoisotopic (exact) mass is 597 g/mol. The number of hydrogen-bond donors (Lipinski definition) is 1. The highest BCUT2D eigenvalue weighted by atomic mass is 35.5. The van der Waals surface area contributed by atoms with E-state index >= 15 is 0 Å². The SMILES string of the molecule is COc1cccc(CN(C(=O)CN(c2ccc(Cl)cc2C)S(=O)(=O)c2ccccc2)[C@@H](C)C(=O)NC2CCCC2)c1. The Hall–Kier alpha value is -3.56. The van der Waals surface area contributed by atoms with E-state index in [1.54, 1.807) is 69.5 Å². The molecule has 0 unspecified atom stereocenters. The van der Waals surface area contributed by atoms with E-state index in [2.05, 4.69) is 5.32 Å². The molecular formula is C31H36ClN3O5S. The lowest BCUT2D eigenvalue weighted by Crippen LogP contribution is -2.52. The average Bonchev–Trinajstić information content (AvgIpc) is 3.48. The molecule has 10 heteroatoms. The minimum absolute atomic E-state index is 0.0496. The Kier molecular flexibility index (Phi) is 9.94. The zero-order chi connectivity index (χ0) is 29.6. The number of amides is 2. The molecule has 0 bridgehead atoms. The van der Waals surface area contributed by atoms with Crippen LogP contribution in [0.5, 0.6) is 5.75 Å². The van der Waals surface area contributed by atoms with Gasteiger partial charge >= 0.3 is 0 Å². The molecule has 0 aliphatic heterocycles. The Bertz CT molecular complexity index is 1480. The number of aryl methyl sites for hydroxylation is 1. The molecule has 1 atom stereocenters. The number of hydrogen-bond acceptors (Lipinski definition) is 5. The number of ether oxygens (including phenoxy) is 1. The minimum Gasteiger partial charge on any atom is -0.497 e. The van der Waals surface area contributed by atoms with Gasteiger partial charge in [0.15, 0.2) is 0 Å². The Balaban J connectivity index is 1.71. The van der Waals surface area contributed by atoms with Crippen molar-refractivity contribution in [2.45, 2.75) is 63.1 Å². The highest BCUT2D eigenvalue weighted by Gasteiger charge is 2.34. The van der Waals surface area contributed by atoms with E-state index in [4.69, 9.17) is 16.3 Å². The number of carbonyl (C=O) groups is 2. The van der Waals surface area contributed by atoms with Crippen LogP contribution < -0.4 is 14.4 Å². The van der Waals surface area contributed by atoms with Crippen LogP contribution in [0.2, 0.25) is 5.02 Å². The summed E-state index contributed by atoms with van der Waals surface area (Å²) in [5, 5.41) is 3.53. The highest BCUT2D eigenvalue weighted by molar-refractivity contribution is 7.92. The van der Waals surface area contributed by atoms with Crippen LogP contribution in [0.4, 0.5) is 5.69 Å². The summed E-state index contributed by atoms with van der Waals surface area (Å²) in [4.78, 5) is 28.9. The van der Waals surface area contributed by atoms with Gasteiger partial charge in [-0.15, -0.1) is 0 Å². The maximum atomic E-state index is 14.1. The van der Waals surface area contributed by atoms with E-state index in [9.17, 15) is 18.0 Å². The molecular weight excluding hydrogens is 562 g/mol. The Morgan fingerprint density at radius 1 is 1.02 bits per heavy atom. The number of nitrogens with zero attached hydrogens (tertiary/aromatic N) is 2. The normalized spacial score (nSPS) is 14.3. The van der Waals surface area contributed by atoms with Crippen LogP contribution in [0.15, 0.2) is 77.7 Å². The molecule has 1 fully saturated rings. The molecule has 0 aromatic heterocycles. The first-order chi connectivity index (χ1) is 19.6. The second-order valence-corrected chi connectivity index (χ2v) is 12.6. The van der Waals surface area contributed by atoms with Crippen LogP contribution >= 0.6 is 11.6 Å². The molecule has 1 N–H and O–H groups in total. The molecule has 218 valence electrons. The maximum absolute atomic E-state index is 14.1. The number of rotatable bonds is 11. The minimum atomic E-state index is -4.14. The summed E-state index contributed by atoms with van der Waals surface area (Å²) >= 11 is 6.17. The number of anilines is 1. The molecule has 0 saturated heterocycles. The molecule has 41 heavy (non-hydrogen) atoms. The molecule has 0 heterocycles. The van der Waals surface area contributed by atoms with Gasteiger partial charge in [-0.1, -0.05) is 54.8 Å². The van der Waals surface area contributed by atoms with Gasteiger partial charge in [0.2, 0.25) is 11.8 Å². The smallest absolute Gasteiger partial charge is 0.264 e. The van der Waals surface area contributed by atoms with Crippen LogP contribution in [0.25, 0.3) is 0 Å². The first-order valence-corrected chi connectivity index (χ1v) is 15.5. The van der Waals surface area contributed by atoms with Gasteiger partial charge in [0, 0.05) is 17.6 Å². The summed E-state index contributed by atoms with van der Waals surface area (Å²) in [6, 6.07) is 19.3. The predicted molar refractivity (Wildman–Crippen MR) is 161 cm³/mol. The van der Waals surface area contributed by atoms with Gasteiger partial charge in [0.1, 0.15) is 18.3 Å². The molecule has 0 radical (unpaired) electrons. The molecule has 3 aromatic carbocycles. The lowest BCUT2D eigenvalue weighted by atomic mass is 10.1. The van der Waals surface area contributed by atoms with Crippen molar-refractivity contribution in [2.24, 2.45) is 0 Å².